The number of nitrogens with zero attached hydrogens (tertiary/aromatic N) is 1. The van der Waals surface area contributed by atoms with Crippen LogP contribution in [-0.4, -0.2) is 50.2 Å². The molecule has 0 amide bonds. The van der Waals surface area contributed by atoms with E-state index in [0.717, 1.165) is 13.1 Å². The van der Waals surface area contributed by atoms with Gasteiger partial charge in [-0.25, -0.2) is 9.59 Å². The zero-order chi connectivity index (χ0) is 15.8. The molecule has 21 heavy (non-hydrogen) atoms. The zero-order valence-electron chi connectivity index (χ0n) is 12.7. The lowest BCUT2D eigenvalue weighted by Crippen LogP contribution is -2.28. The van der Waals surface area contributed by atoms with Crippen LogP contribution in [0.3, 0.4) is 0 Å². The van der Waals surface area contributed by atoms with Crippen molar-refractivity contribution in [1.29, 1.82) is 0 Å². The third kappa shape index (κ3) is 4.75. The molecular formula is C15H22N2O4. The Morgan fingerprint density at radius 3 is 2.38 bits per heavy atom. The predicted molar refractivity (Wildman–Crippen MR) is 80.3 cm³/mol. The summed E-state index contributed by atoms with van der Waals surface area (Å²) in [6.45, 7) is 6.77. The van der Waals surface area contributed by atoms with Gasteiger partial charge in [0.1, 0.15) is 6.61 Å². The normalized spacial score (nSPS) is 10.5. The SMILES string of the molecule is CCN(CC)CCOC(=O)c1cc(N)ccc1C(=O)OC. The smallest absolute Gasteiger partial charge is 0.339 e. The number of esters is 2. The van der Waals surface area contributed by atoms with E-state index in [1.165, 1.54) is 19.2 Å². The van der Waals surface area contributed by atoms with Gasteiger partial charge in [0.2, 0.25) is 0 Å². The number of benzene rings is 1. The van der Waals surface area contributed by atoms with E-state index in [9.17, 15) is 9.59 Å². The molecule has 0 spiro atoms. The summed E-state index contributed by atoms with van der Waals surface area (Å²) >= 11 is 0. The lowest BCUT2D eigenvalue weighted by atomic mass is 10.1. The van der Waals surface area contributed by atoms with Crippen molar-refractivity contribution in [1.82, 2.24) is 4.90 Å². The minimum Gasteiger partial charge on any atom is -0.465 e. The fourth-order valence-electron chi connectivity index (χ4n) is 1.90. The Balaban J connectivity index is 2.77. The Morgan fingerprint density at radius 2 is 1.81 bits per heavy atom. The van der Waals surface area contributed by atoms with Crippen LogP contribution >= 0.6 is 0 Å². The van der Waals surface area contributed by atoms with Crippen LogP contribution in [-0.2, 0) is 9.47 Å². The number of methoxy groups -OCH3 is 1. The largest absolute Gasteiger partial charge is 0.465 e. The van der Waals surface area contributed by atoms with E-state index in [4.69, 9.17) is 10.5 Å². The monoisotopic (exact) mass is 294 g/mol. The highest BCUT2D eigenvalue weighted by Crippen LogP contribution is 2.16. The average Bonchev–Trinajstić information content (AvgIpc) is 2.50. The fourth-order valence-corrected chi connectivity index (χ4v) is 1.90. The summed E-state index contributed by atoms with van der Waals surface area (Å²) < 4.78 is 9.86. The molecule has 6 heteroatoms. The highest BCUT2D eigenvalue weighted by molar-refractivity contribution is 6.03. The number of hydrogen-bond donors (Lipinski definition) is 1. The Labute approximate surface area is 124 Å². The molecule has 116 valence electrons. The maximum Gasteiger partial charge on any atom is 0.339 e. The fraction of sp³-hybridized carbons (Fsp3) is 0.467. The first-order chi connectivity index (χ1) is 10.0. The molecule has 1 rings (SSSR count). The number of likely N-dealkylation sites (N-methyl/N-ethyl adjacent to an activating group) is 1. The highest BCUT2D eigenvalue weighted by Gasteiger charge is 2.19. The van der Waals surface area contributed by atoms with Crippen LogP contribution in [0.1, 0.15) is 34.6 Å². The van der Waals surface area contributed by atoms with Crippen molar-refractivity contribution in [3.8, 4) is 0 Å². The molecule has 0 aliphatic carbocycles. The Morgan fingerprint density at radius 1 is 1.14 bits per heavy atom. The summed E-state index contributed by atoms with van der Waals surface area (Å²) in [4.78, 5) is 25.9. The molecule has 0 heterocycles. The van der Waals surface area contributed by atoms with Crippen molar-refractivity contribution in [2.24, 2.45) is 0 Å². The zero-order valence-corrected chi connectivity index (χ0v) is 12.7. The molecule has 2 N–H and O–H groups in total. The van der Waals surface area contributed by atoms with Crippen molar-refractivity contribution in [2.75, 3.05) is 39.1 Å². The van der Waals surface area contributed by atoms with E-state index in [1.54, 1.807) is 6.07 Å². The molecule has 0 atom stereocenters. The first-order valence-corrected chi connectivity index (χ1v) is 6.90. The van der Waals surface area contributed by atoms with Gasteiger partial charge in [-0.05, 0) is 31.3 Å². The van der Waals surface area contributed by atoms with E-state index in [2.05, 4.69) is 9.64 Å². The van der Waals surface area contributed by atoms with Crippen molar-refractivity contribution in [2.45, 2.75) is 13.8 Å². The van der Waals surface area contributed by atoms with Gasteiger partial charge in [-0.2, -0.15) is 0 Å². The molecule has 1 aromatic rings. The van der Waals surface area contributed by atoms with Gasteiger partial charge < -0.3 is 20.1 Å². The summed E-state index contributed by atoms with van der Waals surface area (Å²) in [7, 11) is 1.26. The van der Waals surface area contributed by atoms with E-state index in [1.807, 2.05) is 13.8 Å². The minimum absolute atomic E-state index is 0.126. The van der Waals surface area contributed by atoms with Gasteiger partial charge >= 0.3 is 11.9 Å². The standard InChI is InChI=1S/C15H22N2O4/c1-4-17(5-2)8-9-21-15(19)13-10-11(16)6-7-12(13)14(18)20-3/h6-7,10H,4-5,8-9,16H2,1-3H3. The van der Waals surface area contributed by atoms with Crippen LogP contribution in [0.4, 0.5) is 5.69 Å². The van der Waals surface area contributed by atoms with Crippen molar-refractivity contribution in [3.05, 3.63) is 29.3 Å². The molecule has 0 radical (unpaired) electrons. The van der Waals surface area contributed by atoms with Crippen molar-refractivity contribution < 1.29 is 19.1 Å². The second-order valence-corrected chi connectivity index (χ2v) is 4.46. The lowest BCUT2D eigenvalue weighted by molar-refractivity contribution is 0.0452. The number of nitrogens with two attached hydrogens (primary N) is 1. The number of rotatable bonds is 7. The molecule has 0 aliphatic heterocycles. The van der Waals surface area contributed by atoms with Gasteiger partial charge in [0.15, 0.2) is 0 Å². The number of carbonyl (C=O) groups excluding carboxylic acids is 2. The molecule has 1 aromatic carbocycles. The third-order valence-electron chi connectivity index (χ3n) is 3.20. The number of hydrogen-bond acceptors (Lipinski definition) is 6. The summed E-state index contributed by atoms with van der Waals surface area (Å²) in [5.41, 5.74) is 6.32. The average molecular weight is 294 g/mol. The number of anilines is 1. The van der Waals surface area contributed by atoms with Crippen LogP contribution in [0.5, 0.6) is 0 Å². The molecule has 0 aliphatic rings. The molecule has 0 unspecified atom stereocenters. The van der Waals surface area contributed by atoms with E-state index in [0.29, 0.717) is 12.2 Å². The number of nitrogen functional groups attached to an aromatic ring is 1. The predicted octanol–water partition coefficient (Wildman–Crippen LogP) is 1.55. The summed E-state index contributed by atoms with van der Waals surface area (Å²) in [5, 5.41) is 0. The highest BCUT2D eigenvalue weighted by atomic mass is 16.5. The molecule has 0 fully saturated rings. The van der Waals surface area contributed by atoms with Crippen LogP contribution in [0.25, 0.3) is 0 Å². The van der Waals surface area contributed by atoms with Crippen molar-refractivity contribution in [3.63, 3.8) is 0 Å². The minimum atomic E-state index is -0.592. The van der Waals surface area contributed by atoms with Crippen LogP contribution in [0.2, 0.25) is 0 Å². The van der Waals surface area contributed by atoms with Gasteiger partial charge in [-0.3, -0.25) is 0 Å². The van der Waals surface area contributed by atoms with E-state index in [-0.39, 0.29) is 17.7 Å². The van der Waals surface area contributed by atoms with Gasteiger partial charge in [-0.1, -0.05) is 13.8 Å². The number of carbonyl (C=O) groups is 2. The van der Waals surface area contributed by atoms with Gasteiger partial charge in [-0.15, -0.1) is 0 Å². The second-order valence-electron chi connectivity index (χ2n) is 4.46. The number of ether oxygens (including phenoxy) is 2. The quantitative estimate of drug-likeness (QED) is 0.607. The van der Waals surface area contributed by atoms with E-state index >= 15 is 0 Å². The van der Waals surface area contributed by atoms with Gasteiger partial charge in [0, 0.05) is 12.2 Å². The third-order valence-corrected chi connectivity index (χ3v) is 3.20. The summed E-state index contributed by atoms with van der Waals surface area (Å²) in [5.74, 6) is -1.17. The lowest BCUT2D eigenvalue weighted by Gasteiger charge is -2.17. The summed E-state index contributed by atoms with van der Waals surface area (Å²) in [6, 6.07) is 4.42. The van der Waals surface area contributed by atoms with Gasteiger partial charge in [0.05, 0.1) is 18.2 Å². The Kier molecular flexibility index (Phi) is 6.68. The van der Waals surface area contributed by atoms with Crippen LogP contribution < -0.4 is 5.73 Å². The maximum absolute atomic E-state index is 12.1. The van der Waals surface area contributed by atoms with Gasteiger partial charge in [0.25, 0.3) is 0 Å². The first kappa shape index (κ1) is 17.0. The van der Waals surface area contributed by atoms with Crippen LogP contribution in [0, 0.1) is 0 Å². The Hall–Kier alpha value is -2.08. The molecule has 0 aromatic heterocycles. The second kappa shape index (κ2) is 8.26. The molecule has 0 saturated heterocycles. The van der Waals surface area contributed by atoms with Crippen molar-refractivity contribution >= 4 is 17.6 Å². The topological polar surface area (TPSA) is 81.9 Å². The molecule has 0 saturated carbocycles. The van der Waals surface area contributed by atoms with E-state index < -0.39 is 11.9 Å². The maximum atomic E-state index is 12.1. The van der Waals surface area contributed by atoms with Crippen LogP contribution in [0.15, 0.2) is 18.2 Å². The Bertz CT molecular complexity index is 498. The summed E-state index contributed by atoms with van der Waals surface area (Å²) in [6.07, 6.45) is 0. The molecule has 6 nitrogen and oxygen atoms in total. The molecular weight excluding hydrogens is 272 g/mol. The molecule has 0 bridgehead atoms. The first-order valence-electron chi connectivity index (χ1n) is 6.90.